The van der Waals surface area contributed by atoms with Gasteiger partial charge in [-0.05, 0) is 49.2 Å². The van der Waals surface area contributed by atoms with Gasteiger partial charge in [-0.3, -0.25) is 9.59 Å². The molecule has 5 rings (SSSR count). The fourth-order valence-corrected chi connectivity index (χ4v) is 4.14. The third kappa shape index (κ3) is 4.08. The lowest BCUT2D eigenvalue weighted by Gasteiger charge is -2.31. The van der Waals surface area contributed by atoms with Crippen LogP contribution < -0.4 is 5.56 Å². The maximum atomic E-state index is 13.6. The van der Waals surface area contributed by atoms with Crippen molar-refractivity contribution >= 4 is 16.8 Å². The van der Waals surface area contributed by atoms with Crippen molar-refractivity contribution in [3.8, 4) is 16.9 Å². The van der Waals surface area contributed by atoms with Crippen LogP contribution in [0.3, 0.4) is 0 Å². The van der Waals surface area contributed by atoms with Crippen molar-refractivity contribution in [1.82, 2.24) is 24.9 Å². The molecule has 0 bridgehead atoms. The fraction of sp³-hybridized carbons (Fsp3) is 0.250. The Bertz CT molecular complexity index is 1420. The number of H-pyrrole nitrogens is 1. The SMILES string of the molecule is COC1CCN(C(=O)c2ccc(-n3cc(-c4cc5cc(F)c(F)cc5[nH]c4=O)nn3)cc2)CC1. The normalized spacial score (nSPS) is 14.6. The minimum atomic E-state index is -1.04. The maximum Gasteiger partial charge on any atom is 0.258 e. The predicted molar refractivity (Wildman–Crippen MR) is 121 cm³/mol. The van der Waals surface area contributed by atoms with Crippen LogP contribution in [-0.4, -0.2) is 57.1 Å². The largest absolute Gasteiger partial charge is 0.381 e. The molecule has 34 heavy (non-hydrogen) atoms. The van der Waals surface area contributed by atoms with Gasteiger partial charge in [0.15, 0.2) is 11.6 Å². The van der Waals surface area contributed by atoms with E-state index in [-0.39, 0.29) is 28.8 Å². The quantitative estimate of drug-likeness (QED) is 0.499. The molecule has 10 heteroatoms. The second kappa shape index (κ2) is 8.79. The molecule has 0 unspecified atom stereocenters. The third-order valence-corrected chi connectivity index (χ3v) is 6.10. The van der Waals surface area contributed by atoms with Gasteiger partial charge in [-0.25, -0.2) is 13.5 Å². The van der Waals surface area contributed by atoms with Crippen LogP contribution >= 0.6 is 0 Å². The van der Waals surface area contributed by atoms with Crippen LogP contribution in [0.2, 0.25) is 0 Å². The number of aromatic amines is 1. The number of hydrogen-bond acceptors (Lipinski definition) is 5. The number of fused-ring (bicyclic) bond motifs is 1. The van der Waals surface area contributed by atoms with Gasteiger partial charge in [0.25, 0.3) is 11.5 Å². The number of nitrogens with zero attached hydrogens (tertiary/aromatic N) is 4. The number of likely N-dealkylation sites (tertiary alicyclic amines) is 1. The Kier molecular flexibility index (Phi) is 5.66. The van der Waals surface area contributed by atoms with Crippen molar-refractivity contribution in [1.29, 1.82) is 0 Å². The molecule has 0 saturated carbocycles. The van der Waals surface area contributed by atoms with Crippen molar-refractivity contribution in [2.75, 3.05) is 20.2 Å². The van der Waals surface area contributed by atoms with Gasteiger partial charge in [0.2, 0.25) is 0 Å². The van der Waals surface area contributed by atoms with E-state index in [0.717, 1.165) is 25.0 Å². The van der Waals surface area contributed by atoms with Gasteiger partial charge in [0.05, 0.1) is 29.1 Å². The summed E-state index contributed by atoms with van der Waals surface area (Å²) in [5.41, 5.74) is 1.36. The highest BCUT2D eigenvalue weighted by Crippen LogP contribution is 2.22. The van der Waals surface area contributed by atoms with Crippen LogP contribution in [0.4, 0.5) is 8.78 Å². The lowest BCUT2D eigenvalue weighted by atomic mass is 10.1. The summed E-state index contributed by atoms with van der Waals surface area (Å²) in [6, 6.07) is 10.3. The highest BCUT2D eigenvalue weighted by molar-refractivity contribution is 5.94. The third-order valence-electron chi connectivity index (χ3n) is 6.10. The maximum absolute atomic E-state index is 13.6. The Morgan fingerprint density at radius 2 is 1.79 bits per heavy atom. The van der Waals surface area contributed by atoms with Gasteiger partial charge >= 0.3 is 0 Å². The lowest BCUT2D eigenvalue weighted by Crippen LogP contribution is -2.40. The molecular weight excluding hydrogens is 444 g/mol. The molecular formula is C24H21F2N5O3. The first-order chi connectivity index (χ1) is 16.4. The molecule has 3 heterocycles. The zero-order chi connectivity index (χ0) is 23.8. The number of pyridine rings is 1. The number of piperidine rings is 1. The van der Waals surface area contributed by atoms with E-state index in [9.17, 15) is 18.4 Å². The van der Waals surface area contributed by atoms with Crippen LogP contribution in [0.25, 0.3) is 27.8 Å². The molecule has 1 aliphatic heterocycles. The van der Waals surface area contributed by atoms with Gasteiger partial charge in [-0.2, -0.15) is 0 Å². The van der Waals surface area contributed by atoms with Gasteiger partial charge in [0, 0.05) is 37.2 Å². The minimum absolute atomic E-state index is 0.0354. The first kappa shape index (κ1) is 21.9. The van der Waals surface area contributed by atoms with E-state index >= 15 is 0 Å². The molecule has 2 aromatic carbocycles. The van der Waals surface area contributed by atoms with Gasteiger partial charge in [0.1, 0.15) is 5.69 Å². The van der Waals surface area contributed by atoms with E-state index in [1.165, 1.54) is 10.7 Å². The summed E-state index contributed by atoms with van der Waals surface area (Å²) in [5, 5.41) is 8.46. The molecule has 174 valence electrons. The Morgan fingerprint density at radius 1 is 1.09 bits per heavy atom. The van der Waals surface area contributed by atoms with E-state index in [4.69, 9.17) is 4.74 Å². The average molecular weight is 465 g/mol. The number of halogens is 2. The zero-order valence-electron chi connectivity index (χ0n) is 18.3. The topological polar surface area (TPSA) is 93.1 Å². The van der Waals surface area contributed by atoms with Crippen LogP contribution in [0.5, 0.6) is 0 Å². The monoisotopic (exact) mass is 465 g/mol. The molecule has 0 atom stereocenters. The summed E-state index contributed by atoms with van der Waals surface area (Å²) >= 11 is 0. The van der Waals surface area contributed by atoms with Crippen molar-refractivity contribution in [3.63, 3.8) is 0 Å². The Hall–Kier alpha value is -3.92. The van der Waals surface area contributed by atoms with Gasteiger partial charge < -0.3 is 14.6 Å². The number of aromatic nitrogens is 4. The van der Waals surface area contributed by atoms with E-state index in [1.807, 2.05) is 4.90 Å². The molecule has 1 aliphatic rings. The number of benzene rings is 2. The highest BCUT2D eigenvalue weighted by atomic mass is 19.2. The first-order valence-corrected chi connectivity index (χ1v) is 10.8. The molecule has 0 radical (unpaired) electrons. The molecule has 1 fully saturated rings. The van der Waals surface area contributed by atoms with E-state index < -0.39 is 17.2 Å². The highest BCUT2D eigenvalue weighted by Gasteiger charge is 2.23. The first-order valence-electron chi connectivity index (χ1n) is 10.8. The number of carbonyl (C=O) groups is 1. The summed E-state index contributed by atoms with van der Waals surface area (Å²) in [7, 11) is 1.69. The average Bonchev–Trinajstić information content (AvgIpc) is 3.34. The molecule has 0 spiro atoms. The van der Waals surface area contributed by atoms with Crippen molar-refractivity contribution in [2.24, 2.45) is 0 Å². The summed E-state index contributed by atoms with van der Waals surface area (Å²) in [6.07, 6.45) is 3.39. The number of methoxy groups -OCH3 is 1. The zero-order valence-corrected chi connectivity index (χ0v) is 18.3. The molecule has 0 aliphatic carbocycles. The Labute approximate surface area is 192 Å². The summed E-state index contributed by atoms with van der Waals surface area (Å²) in [5.74, 6) is -2.08. The standard InChI is InChI=1S/C24H21F2N5O3/c1-34-17-6-8-30(9-7-17)24(33)14-2-4-16(5-3-14)31-13-22(28-29-31)18-10-15-11-19(25)20(26)12-21(15)27-23(18)32/h2-5,10-13,17H,6-9H2,1H3,(H,27,32). The molecule has 1 N–H and O–H groups in total. The van der Waals surface area contributed by atoms with Crippen LogP contribution in [0.15, 0.2) is 53.5 Å². The summed E-state index contributed by atoms with van der Waals surface area (Å²) < 4.78 is 33.9. The Morgan fingerprint density at radius 3 is 2.50 bits per heavy atom. The minimum Gasteiger partial charge on any atom is -0.381 e. The summed E-state index contributed by atoms with van der Waals surface area (Å²) in [6.45, 7) is 1.31. The predicted octanol–water partition coefficient (Wildman–Crippen LogP) is 3.31. The lowest BCUT2D eigenvalue weighted by molar-refractivity contribution is 0.0351. The number of amides is 1. The molecule has 1 saturated heterocycles. The number of carbonyl (C=O) groups excluding carboxylic acids is 1. The van der Waals surface area contributed by atoms with E-state index in [0.29, 0.717) is 29.7 Å². The molecule has 2 aromatic heterocycles. The summed E-state index contributed by atoms with van der Waals surface area (Å²) in [4.78, 5) is 29.6. The smallest absolute Gasteiger partial charge is 0.258 e. The molecule has 8 nitrogen and oxygen atoms in total. The number of hydrogen-bond donors (Lipinski definition) is 1. The van der Waals surface area contributed by atoms with E-state index in [1.54, 1.807) is 37.6 Å². The second-order valence-corrected chi connectivity index (χ2v) is 8.19. The number of ether oxygens (including phenoxy) is 1. The van der Waals surface area contributed by atoms with Crippen molar-refractivity contribution in [3.05, 3.63) is 76.2 Å². The van der Waals surface area contributed by atoms with E-state index in [2.05, 4.69) is 15.3 Å². The van der Waals surface area contributed by atoms with Crippen LogP contribution in [-0.2, 0) is 4.74 Å². The van der Waals surface area contributed by atoms with Crippen LogP contribution in [0, 0.1) is 11.6 Å². The van der Waals surface area contributed by atoms with Crippen molar-refractivity contribution < 1.29 is 18.3 Å². The van der Waals surface area contributed by atoms with Crippen LogP contribution in [0.1, 0.15) is 23.2 Å². The Balaban J connectivity index is 1.37. The second-order valence-electron chi connectivity index (χ2n) is 8.19. The fourth-order valence-electron chi connectivity index (χ4n) is 4.14. The number of nitrogens with one attached hydrogen (secondary N) is 1. The van der Waals surface area contributed by atoms with Gasteiger partial charge in [-0.1, -0.05) is 5.21 Å². The number of rotatable bonds is 4. The molecule has 4 aromatic rings. The van der Waals surface area contributed by atoms with Gasteiger partial charge in [-0.15, -0.1) is 5.10 Å². The van der Waals surface area contributed by atoms with Crippen molar-refractivity contribution in [2.45, 2.75) is 18.9 Å². The molecule has 1 amide bonds.